The zero-order valence-corrected chi connectivity index (χ0v) is 15.6. The Balaban J connectivity index is 1.59. The van der Waals surface area contributed by atoms with E-state index in [0.717, 1.165) is 21.8 Å². The van der Waals surface area contributed by atoms with Crippen molar-refractivity contribution in [1.29, 1.82) is 0 Å². The number of hydrogen-bond acceptors (Lipinski definition) is 6. The predicted octanol–water partition coefficient (Wildman–Crippen LogP) is 4.35. The van der Waals surface area contributed by atoms with E-state index >= 15 is 0 Å². The number of rotatable bonds is 6. The Labute approximate surface area is 159 Å². The Morgan fingerprint density at radius 2 is 1.96 bits per heavy atom. The number of anilines is 1. The molecule has 8 heteroatoms. The van der Waals surface area contributed by atoms with Crippen LogP contribution in [-0.4, -0.2) is 22.4 Å². The summed E-state index contributed by atoms with van der Waals surface area (Å²) in [6.07, 6.45) is 0. The van der Waals surface area contributed by atoms with E-state index in [1.165, 1.54) is 12.1 Å². The van der Waals surface area contributed by atoms with Gasteiger partial charge < -0.3 is 10.1 Å². The molecule has 2 aromatic carbocycles. The number of carbonyl (C=O) groups is 1. The van der Waals surface area contributed by atoms with Crippen molar-refractivity contribution in [2.24, 2.45) is 0 Å². The first-order valence-corrected chi connectivity index (χ1v) is 9.00. The number of aryl methyl sites for hydroxylation is 2. The van der Waals surface area contributed by atoms with E-state index in [-0.39, 0.29) is 12.3 Å². The fourth-order valence-electron chi connectivity index (χ4n) is 2.37. The second-order valence-electron chi connectivity index (χ2n) is 5.91. The molecule has 0 spiro atoms. The Morgan fingerprint density at radius 3 is 2.59 bits per heavy atom. The number of nitrogens with zero attached hydrogens (tertiary/aromatic N) is 2. The van der Waals surface area contributed by atoms with Crippen molar-refractivity contribution in [3.63, 3.8) is 0 Å². The van der Waals surface area contributed by atoms with E-state index < -0.39 is 10.8 Å². The lowest BCUT2D eigenvalue weighted by atomic mass is 10.2. The number of non-ortho nitro benzene ring substituents is 1. The van der Waals surface area contributed by atoms with Gasteiger partial charge in [0.1, 0.15) is 10.8 Å². The molecular formula is C19H17N3O4S. The Bertz CT molecular complexity index is 983. The molecule has 0 aliphatic heterocycles. The van der Waals surface area contributed by atoms with Crippen LogP contribution < -0.4 is 10.1 Å². The number of hydrogen-bond donors (Lipinski definition) is 1. The third-order valence-corrected chi connectivity index (χ3v) is 4.81. The van der Waals surface area contributed by atoms with E-state index in [1.54, 1.807) is 36.5 Å². The summed E-state index contributed by atoms with van der Waals surface area (Å²) in [6, 6.07) is 11.6. The van der Waals surface area contributed by atoms with Gasteiger partial charge in [-0.25, -0.2) is 4.98 Å². The van der Waals surface area contributed by atoms with Crippen molar-refractivity contribution >= 4 is 28.6 Å². The SMILES string of the molecule is Cc1csc(-c2ccc(OCC(=O)Nc3cc([N+](=O)[O-])ccc3C)cc2)n1. The minimum absolute atomic E-state index is 0.0789. The van der Waals surface area contributed by atoms with Gasteiger partial charge >= 0.3 is 0 Å². The number of ether oxygens (including phenoxy) is 1. The van der Waals surface area contributed by atoms with E-state index in [4.69, 9.17) is 4.74 Å². The first kappa shape index (κ1) is 18.5. The number of aromatic nitrogens is 1. The van der Waals surface area contributed by atoms with Gasteiger partial charge in [-0.1, -0.05) is 6.07 Å². The molecule has 0 unspecified atom stereocenters. The monoisotopic (exact) mass is 383 g/mol. The average Bonchev–Trinajstić information content (AvgIpc) is 3.08. The maximum Gasteiger partial charge on any atom is 0.271 e. The molecular weight excluding hydrogens is 366 g/mol. The van der Waals surface area contributed by atoms with Gasteiger partial charge in [-0.2, -0.15) is 0 Å². The van der Waals surface area contributed by atoms with Gasteiger partial charge in [0.25, 0.3) is 11.6 Å². The van der Waals surface area contributed by atoms with Gasteiger partial charge in [0.15, 0.2) is 6.61 Å². The fraction of sp³-hybridized carbons (Fsp3) is 0.158. The van der Waals surface area contributed by atoms with Crippen LogP contribution in [0, 0.1) is 24.0 Å². The second-order valence-corrected chi connectivity index (χ2v) is 6.77. The first-order valence-electron chi connectivity index (χ1n) is 8.12. The third kappa shape index (κ3) is 4.68. The van der Waals surface area contributed by atoms with Crippen molar-refractivity contribution < 1.29 is 14.5 Å². The normalized spacial score (nSPS) is 10.4. The largest absolute Gasteiger partial charge is 0.484 e. The van der Waals surface area contributed by atoms with Crippen molar-refractivity contribution in [3.05, 3.63) is 69.2 Å². The summed E-state index contributed by atoms with van der Waals surface area (Å²) in [5.74, 6) is 0.163. The number of carbonyl (C=O) groups excluding carboxylic acids is 1. The summed E-state index contributed by atoms with van der Waals surface area (Å²) in [5, 5.41) is 16.4. The molecule has 7 nitrogen and oxygen atoms in total. The first-order chi connectivity index (χ1) is 12.9. The van der Waals surface area contributed by atoms with Crippen LogP contribution in [0.15, 0.2) is 47.8 Å². The Hall–Kier alpha value is -3.26. The quantitative estimate of drug-likeness (QED) is 0.504. The molecule has 0 bridgehead atoms. The maximum absolute atomic E-state index is 12.1. The van der Waals surface area contributed by atoms with Crippen LogP contribution in [0.4, 0.5) is 11.4 Å². The van der Waals surface area contributed by atoms with Gasteiger partial charge in [0.2, 0.25) is 0 Å². The predicted molar refractivity (Wildman–Crippen MR) is 104 cm³/mol. The van der Waals surface area contributed by atoms with Gasteiger partial charge in [0.05, 0.1) is 10.6 Å². The van der Waals surface area contributed by atoms with Gasteiger partial charge in [-0.3, -0.25) is 14.9 Å². The molecule has 0 saturated heterocycles. The topological polar surface area (TPSA) is 94.4 Å². The highest BCUT2D eigenvalue weighted by Crippen LogP contribution is 2.26. The molecule has 1 heterocycles. The van der Waals surface area contributed by atoms with Gasteiger partial charge in [-0.15, -0.1) is 11.3 Å². The minimum Gasteiger partial charge on any atom is -0.484 e. The van der Waals surface area contributed by atoms with E-state index in [1.807, 2.05) is 24.4 Å². The van der Waals surface area contributed by atoms with Crippen molar-refractivity contribution in [2.75, 3.05) is 11.9 Å². The molecule has 1 N–H and O–H groups in total. The number of amides is 1. The van der Waals surface area contributed by atoms with Crippen LogP contribution in [0.2, 0.25) is 0 Å². The standard InChI is InChI=1S/C19H17N3O4S/c1-12-3-6-15(22(24)25)9-17(12)21-18(23)10-26-16-7-4-14(5-8-16)19-20-13(2)11-27-19/h3-9,11H,10H2,1-2H3,(H,21,23). The number of nitro benzene ring substituents is 1. The summed E-state index contributed by atoms with van der Waals surface area (Å²) in [5.41, 5.74) is 3.01. The summed E-state index contributed by atoms with van der Waals surface area (Å²) in [7, 11) is 0. The second kappa shape index (κ2) is 7.96. The highest BCUT2D eigenvalue weighted by molar-refractivity contribution is 7.13. The van der Waals surface area contributed by atoms with Crippen LogP contribution in [-0.2, 0) is 4.79 Å². The number of thiazole rings is 1. The van der Waals surface area contributed by atoms with Crippen molar-refractivity contribution in [2.45, 2.75) is 13.8 Å². The molecule has 3 aromatic rings. The molecule has 0 aliphatic rings. The third-order valence-electron chi connectivity index (χ3n) is 3.80. The van der Waals surface area contributed by atoms with Crippen LogP contribution in [0.5, 0.6) is 5.75 Å². The molecule has 0 aliphatic carbocycles. The molecule has 0 saturated carbocycles. The maximum atomic E-state index is 12.1. The highest BCUT2D eigenvalue weighted by Gasteiger charge is 2.11. The lowest BCUT2D eigenvalue weighted by Crippen LogP contribution is -2.20. The van der Waals surface area contributed by atoms with Crippen molar-refractivity contribution in [3.8, 4) is 16.3 Å². The summed E-state index contributed by atoms with van der Waals surface area (Å²) in [4.78, 5) is 26.9. The zero-order chi connectivity index (χ0) is 19.4. The van der Waals surface area contributed by atoms with E-state index in [2.05, 4.69) is 10.3 Å². The number of nitro groups is 1. The average molecular weight is 383 g/mol. The van der Waals surface area contributed by atoms with Crippen LogP contribution in [0.3, 0.4) is 0 Å². The molecule has 3 rings (SSSR count). The van der Waals surface area contributed by atoms with E-state index in [0.29, 0.717) is 11.4 Å². The zero-order valence-electron chi connectivity index (χ0n) is 14.8. The lowest BCUT2D eigenvalue weighted by molar-refractivity contribution is -0.384. The molecule has 1 amide bonds. The number of nitrogens with one attached hydrogen (secondary N) is 1. The van der Waals surface area contributed by atoms with Gasteiger partial charge in [-0.05, 0) is 43.7 Å². The van der Waals surface area contributed by atoms with Crippen LogP contribution in [0.25, 0.3) is 10.6 Å². The Kier molecular flexibility index (Phi) is 5.46. The molecule has 138 valence electrons. The fourth-order valence-corrected chi connectivity index (χ4v) is 3.18. The van der Waals surface area contributed by atoms with Crippen LogP contribution >= 0.6 is 11.3 Å². The highest BCUT2D eigenvalue weighted by atomic mass is 32.1. The lowest BCUT2D eigenvalue weighted by Gasteiger charge is -2.10. The summed E-state index contributed by atoms with van der Waals surface area (Å²) >= 11 is 1.57. The molecule has 0 fully saturated rings. The van der Waals surface area contributed by atoms with Gasteiger partial charge in [0, 0.05) is 28.8 Å². The summed E-state index contributed by atoms with van der Waals surface area (Å²) < 4.78 is 5.49. The number of benzene rings is 2. The molecule has 1 aromatic heterocycles. The van der Waals surface area contributed by atoms with Crippen LogP contribution in [0.1, 0.15) is 11.3 Å². The summed E-state index contributed by atoms with van der Waals surface area (Å²) in [6.45, 7) is 3.51. The van der Waals surface area contributed by atoms with E-state index in [9.17, 15) is 14.9 Å². The Morgan fingerprint density at radius 1 is 1.22 bits per heavy atom. The molecule has 0 radical (unpaired) electrons. The minimum atomic E-state index is -0.503. The molecule has 0 atom stereocenters. The molecule has 27 heavy (non-hydrogen) atoms. The van der Waals surface area contributed by atoms with Crippen molar-refractivity contribution in [1.82, 2.24) is 4.98 Å². The smallest absolute Gasteiger partial charge is 0.271 e.